The maximum Gasteiger partial charge on any atom is 0.227 e. The van der Waals surface area contributed by atoms with E-state index in [9.17, 15) is 9.59 Å². The second-order valence-corrected chi connectivity index (χ2v) is 6.46. The van der Waals surface area contributed by atoms with Crippen molar-refractivity contribution in [2.24, 2.45) is 0 Å². The minimum Gasteiger partial charge on any atom is -0.496 e. The van der Waals surface area contributed by atoms with Gasteiger partial charge < -0.3 is 9.64 Å². The van der Waals surface area contributed by atoms with Crippen molar-refractivity contribution in [2.75, 3.05) is 13.7 Å². The van der Waals surface area contributed by atoms with E-state index in [1.165, 1.54) is 0 Å². The van der Waals surface area contributed by atoms with Gasteiger partial charge in [0.1, 0.15) is 5.75 Å². The maximum absolute atomic E-state index is 12.9. The molecule has 0 N–H and O–H groups in total. The number of carbonyl (C=O) groups excluding carboxylic acids is 2. The number of carbonyl (C=O) groups is 2. The third kappa shape index (κ3) is 3.73. The van der Waals surface area contributed by atoms with Crippen LogP contribution in [-0.2, 0) is 11.2 Å². The summed E-state index contributed by atoms with van der Waals surface area (Å²) in [5.74, 6) is 0.803. The fraction of sp³-hybridized carbons (Fsp3) is 0.333. The first-order valence-corrected chi connectivity index (χ1v) is 8.62. The van der Waals surface area contributed by atoms with Gasteiger partial charge in [0.15, 0.2) is 5.78 Å². The third-order valence-corrected chi connectivity index (χ3v) is 4.75. The average molecular weight is 337 g/mol. The second-order valence-electron chi connectivity index (χ2n) is 6.46. The lowest BCUT2D eigenvalue weighted by Crippen LogP contribution is -2.41. The molecular formula is C21H23NO3. The fourth-order valence-electron chi connectivity index (χ4n) is 3.43. The van der Waals surface area contributed by atoms with Gasteiger partial charge in [0.05, 0.1) is 19.6 Å². The molecular weight excluding hydrogens is 314 g/mol. The normalized spacial score (nSPS) is 16.7. The zero-order valence-corrected chi connectivity index (χ0v) is 14.7. The number of likely N-dealkylation sites (tertiary alicyclic amines) is 1. The number of rotatable bonds is 5. The van der Waals surface area contributed by atoms with Crippen LogP contribution in [0.3, 0.4) is 0 Å². The largest absolute Gasteiger partial charge is 0.496 e. The number of ether oxygens (including phenoxy) is 1. The van der Waals surface area contributed by atoms with Gasteiger partial charge in [-0.2, -0.15) is 0 Å². The van der Waals surface area contributed by atoms with Crippen LogP contribution in [0.15, 0.2) is 48.5 Å². The van der Waals surface area contributed by atoms with Crippen LogP contribution in [0.2, 0.25) is 0 Å². The van der Waals surface area contributed by atoms with E-state index in [1.54, 1.807) is 18.1 Å². The highest BCUT2D eigenvalue weighted by Crippen LogP contribution is 2.25. The Bertz CT molecular complexity index is 770. The molecule has 0 bridgehead atoms. The SMILES string of the molecule is COc1ccc(C(=O)C2CCCN2C(=O)Cc2ccccc2)cc1C. The molecule has 1 saturated heterocycles. The molecule has 25 heavy (non-hydrogen) atoms. The molecule has 0 aromatic heterocycles. The van der Waals surface area contributed by atoms with Crippen molar-refractivity contribution in [1.82, 2.24) is 4.90 Å². The number of nitrogens with zero attached hydrogens (tertiary/aromatic N) is 1. The topological polar surface area (TPSA) is 46.6 Å². The quantitative estimate of drug-likeness (QED) is 0.786. The van der Waals surface area contributed by atoms with Crippen molar-refractivity contribution in [2.45, 2.75) is 32.2 Å². The highest BCUT2D eigenvalue weighted by Gasteiger charge is 2.34. The molecule has 1 aliphatic rings. The van der Waals surface area contributed by atoms with Gasteiger partial charge in [-0.1, -0.05) is 30.3 Å². The van der Waals surface area contributed by atoms with E-state index in [1.807, 2.05) is 49.4 Å². The lowest BCUT2D eigenvalue weighted by molar-refractivity contribution is -0.130. The zero-order valence-electron chi connectivity index (χ0n) is 14.7. The van der Waals surface area contributed by atoms with Gasteiger partial charge in [-0.25, -0.2) is 0 Å². The summed E-state index contributed by atoms with van der Waals surface area (Å²) in [4.78, 5) is 27.4. The number of hydrogen-bond donors (Lipinski definition) is 0. The Kier molecular flexibility index (Phi) is 5.17. The van der Waals surface area contributed by atoms with E-state index < -0.39 is 0 Å². The monoisotopic (exact) mass is 337 g/mol. The zero-order chi connectivity index (χ0) is 17.8. The summed E-state index contributed by atoms with van der Waals surface area (Å²) in [6, 6.07) is 14.8. The Morgan fingerprint density at radius 3 is 2.60 bits per heavy atom. The number of benzene rings is 2. The number of amides is 1. The van der Waals surface area contributed by atoms with E-state index in [0.717, 1.165) is 29.7 Å². The van der Waals surface area contributed by atoms with E-state index in [-0.39, 0.29) is 17.7 Å². The van der Waals surface area contributed by atoms with Gasteiger partial charge in [-0.05, 0) is 49.1 Å². The summed E-state index contributed by atoms with van der Waals surface area (Å²) in [6.45, 7) is 2.57. The molecule has 4 heteroatoms. The van der Waals surface area contributed by atoms with Gasteiger partial charge in [0.2, 0.25) is 5.91 Å². The molecule has 3 rings (SSSR count). The van der Waals surface area contributed by atoms with Crippen molar-refractivity contribution < 1.29 is 14.3 Å². The van der Waals surface area contributed by atoms with Gasteiger partial charge >= 0.3 is 0 Å². The van der Waals surface area contributed by atoms with Crippen molar-refractivity contribution in [3.05, 3.63) is 65.2 Å². The number of Topliss-reactive ketones (excluding diaryl/α,β-unsaturated/α-hetero) is 1. The van der Waals surface area contributed by atoms with Crippen LogP contribution in [0.5, 0.6) is 5.75 Å². The minimum atomic E-state index is -0.357. The molecule has 130 valence electrons. The Morgan fingerprint density at radius 2 is 1.92 bits per heavy atom. The first-order valence-electron chi connectivity index (χ1n) is 8.62. The van der Waals surface area contributed by atoms with E-state index >= 15 is 0 Å². The summed E-state index contributed by atoms with van der Waals surface area (Å²) in [5.41, 5.74) is 2.54. The molecule has 1 aliphatic heterocycles. The summed E-state index contributed by atoms with van der Waals surface area (Å²) >= 11 is 0. The van der Waals surface area contributed by atoms with Crippen LogP contribution >= 0.6 is 0 Å². The van der Waals surface area contributed by atoms with Crippen LogP contribution in [-0.4, -0.2) is 36.3 Å². The summed E-state index contributed by atoms with van der Waals surface area (Å²) in [6.07, 6.45) is 1.93. The van der Waals surface area contributed by atoms with E-state index in [2.05, 4.69) is 0 Å². The highest BCUT2D eigenvalue weighted by atomic mass is 16.5. The smallest absolute Gasteiger partial charge is 0.227 e. The fourth-order valence-corrected chi connectivity index (χ4v) is 3.43. The van der Waals surface area contributed by atoms with Gasteiger partial charge in [0, 0.05) is 12.1 Å². The first kappa shape index (κ1) is 17.2. The van der Waals surface area contributed by atoms with Crippen LogP contribution < -0.4 is 4.74 Å². The predicted molar refractivity (Wildman–Crippen MR) is 96.9 cm³/mol. The van der Waals surface area contributed by atoms with Gasteiger partial charge in [0.25, 0.3) is 0 Å². The molecule has 2 aromatic carbocycles. The minimum absolute atomic E-state index is 0.0182. The van der Waals surface area contributed by atoms with Gasteiger partial charge in [-0.15, -0.1) is 0 Å². The molecule has 2 aromatic rings. The Labute approximate surface area is 148 Å². The van der Waals surface area contributed by atoms with Crippen molar-refractivity contribution >= 4 is 11.7 Å². The Hall–Kier alpha value is -2.62. The molecule has 1 amide bonds. The van der Waals surface area contributed by atoms with Crippen molar-refractivity contribution in [1.29, 1.82) is 0 Å². The maximum atomic E-state index is 12.9. The standard InChI is InChI=1S/C21H23NO3/c1-15-13-17(10-11-19(15)25-2)21(24)18-9-6-12-22(18)20(23)14-16-7-4-3-5-8-16/h3-5,7-8,10-11,13,18H,6,9,12,14H2,1-2H3. The summed E-state index contributed by atoms with van der Waals surface area (Å²) < 4.78 is 5.26. The molecule has 0 spiro atoms. The molecule has 1 fully saturated rings. The lowest BCUT2D eigenvalue weighted by Gasteiger charge is -2.24. The van der Waals surface area contributed by atoms with Crippen LogP contribution in [0.4, 0.5) is 0 Å². The Balaban J connectivity index is 1.75. The molecule has 1 heterocycles. The van der Waals surface area contributed by atoms with Gasteiger partial charge in [-0.3, -0.25) is 9.59 Å². The third-order valence-electron chi connectivity index (χ3n) is 4.75. The number of aryl methyl sites for hydroxylation is 1. The lowest BCUT2D eigenvalue weighted by atomic mass is 9.99. The molecule has 1 unspecified atom stereocenters. The number of ketones is 1. The molecule has 1 atom stereocenters. The number of methoxy groups -OCH3 is 1. The van der Waals surface area contributed by atoms with Crippen LogP contribution in [0.25, 0.3) is 0 Å². The second kappa shape index (κ2) is 7.51. The number of hydrogen-bond acceptors (Lipinski definition) is 3. The summed E-state index contributed by atoms with van der Waals surface area (Å²) in [7, 11) is 1.62. The highest BCUT2D eigenvalue weighted by molar-refractivity contribution is 6.02. The average Bonchev–Trinajstić information content (AvgIpc) is 3.11. The van der Waals surface area contributed by atoms with Crippen molar-refractivity contribution in [3.63, 3.8) is 0 Å². The van der Waals surface area contributed by atoms with E-state index in [4.69, 9.17) is 4.74 Å². The summed E-state index contributed by atoms with van der Waals surface area (Å²) in [5, 5.41) is 0. The Morgan fingerprint density at radius 1 is 1.16 bits per heavy atom. The molecule has 0 aliphatic carbocycles. The molecule has 0 radical (unpaired) electrons. The molecule has 4 nitrogen and oxygen atoms in total. The van der Waals surface area contributed by atoms with E-state index in [0.29, 0.717) is 18.5 Å². The first-order chi connectivity index (χ1) is 12.1. The molecule has 0 saturated carbocycles. The predicted octanol–water partition coefficient (Wildman–Crippen LogP) is 3.42. The van der Waals surface area contributed by atoms with Crippen LogP contribution in [0, 0.1) is 6.92 Å². The van der Waals surface area contributed by atoms with Crippen LogP contribution in [0.1, 0.15) is 34.3 Å². The van der Waals surface area contributed by atoms with Crippen molar-refractivity contribution in [3.8, 4) is 5.75 Å².